The van der Waals surface area contributed by atoms with Crippen molar-refractivity contribution in [3.05, 3.63) is 144 Å². The van der Waals surface area contributed by atoms with E-state index in [0.29, 0.717) is 0 Å². The summed E-state index contributed by atoms with van der Waals surface area (Å²) in [5.41, 5.74) is 3.43. The first-order valence-corrected chi connectivity index (χ1v) is 22.7. The molecular weight excluding hydrogens is 906 g/mol. The lowest BCUT2D eigenvalue weighted by Crippen LogP contribution is -2.67. The van der Waals surface area contributed by atoms with Crippen molar-refractivity contribution < 1.29 is 76.0 Å². The highest BCUT2D eigenvalue weighted by molar-refractivity contribution is 6.26. The Labute approximate surface area is 399 Å². The van der Waals surface area contributed by atoms with Gasteiger partial charge < -0.3 is 62.2 Å². The van der Waals surface area contributed by atoms with E-state index in [2.05, 4.69) is 5.32 Å². The summed E-state index contributed by atoms with van der Waals surface area (Å²) in [7, 11) is 2.61. The lowest BCUT2D eigenvalue weighted by atomic mass is 9.88. The van der Waals surface area contributed by atoms with E-state index in [1.54, 1.807) is 0 Å². The van der Waals surface area contributed by atoms with Crippen molar-refractivity contribution in [1.82, 2.24) is 5.32 Å². The molecule has 7 rings (SSSR count). The van der Waals surface area contributed by atoms with Crippen LogP contribution in [0.2, 0.25) is 0 Å². The van der Waals surface area contributed by atoms with Crippen LogP contribution in [0.3, 0.4) is 0 Å². The number of methoxy groups -OCH3 is 2. The van der Waals surface area contributed by atoms with Gasteiger partial charge in [-0.05, 0) is 22.3 Å². The van der Waals surface area contributed by atoms with Crippen LogP contribution in [0.15, 0.2) is 121 Å². The van der Waals surface area contributed by atoms with Crippen LogP contribution in [-0.2, 0) is 97.7 Å². The number of fused-ring (bicyclic) bond motifs is 1. The first kappa shape index (κ1) is 50.4. The minimum Gasteiger partial charge on any atom is -0.465 e. The van der Waals surface area contributed by atoms with E-state index in [-0.39, 0.29) is 33.0 Å². The third-order valence-corrected chi connectivity index (χ3v) is 11.7. The molecule has 3 saturated heterocycles. The number of esters is 3. The van der Waals surface area contributed by atoms with Crippen LogP contribution in [-0.4, -0.2) is 124 Å². The lowest BCUT2D eigenvalue weighted by Gasteiger charge is -2.48. The van der Waals surface area contributed by atoms with Gasteiger partial charge >= 0.3 is 24.0 Å². The van der Waals surface area contributed by atoms with E-state index in [4.69, 9.17) is 68.4 Å². The number of amides is 1. The van der Waals surface area contributed by atoms with Gasteiger partial charge in [-0.1, -0.05) is 121 Å². The third-order valence-electron chi connectivity index (χ3n) is 11.5. The SMILES string of the molecule is COC(=O)[C@@]1(OC[C@H]2O[C@H](OC)[C@H](OCc3ccccc3)[C@@H](OCc3ccccc3)[C@@H]2OCc2ccccc2)C[C@@H]2OC(=O)N[C@H]2[C@H]([C@H](OC(C)=O)[C@@H](COCc2ccccc2)OC(=O)CCl)O1. The van der Waals surface area contributed by atoms with Gasteiger partial charge in [0.15, 0.2) is 18.5 Å². The molecule has 0 aromatic heterocycles. The summed E-state index contributed by atoms with van der Waals surface area (Å²) >= 11 is 5.90. The van der Waals surface area contributed by atoms with Gasteiger partial charge in [0.2, 0.25) is 0 Å². The maximum Gasteiger partial charge on any atom is 0.407 e. The molecule has 0 saturated carbocycles. The molecule has 3 aliphatic rings. The van der Waals surface area contributed by atoms with Crippen LogP contribution in [0.4, 0.5) is 4.79 Å². The van der Waals surface area contributed by atoms with Gasteiger partial charge in [0.25, 0.3) is 5.79 Å². The number of hydrogen-bond acceptors (Lipinski definition) is 16. The van der Waals surface area contributed by atoms with Gasteiger partial charge in [0.1, 0.15) is 42.5 Å². The third kappa shape index (κ3) is 13.2. The molecule has 17 nitrogen and oxygen atoms in total. The van der Waals surface area contributed by atoms with Crippen molar-refractivity contribution in [3.8, 4) is 0 Å². The fraction of sp³-hybridized carbons (Fsp3) is 0.440. The second-order valence-corrected chi connectivity index (χ2v) is 16.5. The van der Waals surface area contributed by atoms with Gasteiger partial charge in [0, 0.05) is 14.0 Å². The predicted molar refractivity (Wildman–Crippen MR) is 240 cm³/mol. The largest absolute Gasteiger partial charge is 0.465 e. The van der Waals surface area contributed by atoms with Crippen molar-refractivity contribution in [2.24, 2.45) is 0 Å². The maximum atomic E-state index is 14.2. The van der Waals surface area contributed by atoms with Crippen molar-refractivity contribution in [2.75, 3.05) is 33.3 Å². The maximum absolute atomic E-state index is 14.2. The first-order valence-electron chi connectivity index (χ1n) is 22.2. The molecule has 1 N–H and O–H groups in total. The molecule has 0 aliphatic carbocycles. The van der Waals surface area contributed by atoms with Crippen LogP contribution in [0.25, 0.3) is 0 Å². The number of ether oxygens (including phenoxy) is 12. The summed E-state index contributed by atoms with van der Waals surface area (Å²) in [6.07, 6.45) is -11.6. The molecule has 68 heavy (non-hydrogen) atoms. The van der Waals surface area contributed by atoms with Gasteiger partial charge in [-0.2, -0.15) is 0 Å². The molecule has 18 heteroatoms. The van der Waals surface area contributed by atoms with Gasteiger partial charge in [-0.3, -0.25) is 9.59 Å². The molecule has 3 heterocycles. The highest BCUT2D eigenvalue weighted by Crippen LogP contribution is 2.40. The summed E-state index contributed by atoms with van der Waals surface area (Å²) < 4.78 is 74.4. The van der Waals surface area contributed by atoms with E-state index < -0.39 is 110 Å². The van der Waals surface area contributed by atoms with E-state index in [1.165, 1.54) is 7.11 Å². The molecule has 11 atom stereocenters. The minimum absolute atomic E-state index is 0.0841. The van der Waals surface area contributed by atoms with Crippen LogP contribution >= 0.6 is 11.6 Å². The molecule has 0 radical (unpaired) electrons. The Hall–Kier alpha value is -5.47. The lowest BCUT2D eigenvalue weighted by molar-refractivity contribution is -0.346. The number of nitrogens with one attached hydrogen (secondary N) is 1. The van der Waals surface area contributed by atoms with Gasteiger partial charge in [-0.15, -0.1) is 11.6 Å². The summed E-state index contributed by atoms with van der Waals surface area (Å²) in [5.74, 6) is -5.63. The first-order chi connectivity index (χ1) is 33.1. The van der Waals surface area contributed by atoms with E-state index >= 15 is 0 Å². The van der Waals surface area contributed by atoms with Crippen molar-refractivity contribution in [2.45, 2.75) is 107 Å². The molecule has 0 unspecified atom stereocenters. The summed E-state index contributed by atoms with van der Waals surface area (Å²) in [5, 5.41) is 2.69. The van der Waals surface area contributed by atoms with Gasteiger partial charge in [-0.25, -0.2) is 9.59 Å². The number of carbonyl (C=O) groups is 4. The van der Waals surface area contributed by atoms with Crippen molar-refractivity contribution in [1.29, 1.82) is 0 Å². The summed E-state index contributed by atoms with van der Waals surface area (Å²) in [6, 6.07) is 36.8. The number of hydrogen-bond donors (Lipinski definition) is 1. The second kappa shape index (κ2) is 24.7. The Morgan fingerprint density at radius 1 is 0.735 bits per heavy atom. The van der Waals surface area contributed by atoms with Crippen LogP contribution in [0.1, 0.15) is 35.6 Å². The number of carbonyl (C=O) groups excluding carboxylic acids is 4. The highest BCUT2D eigenvalue weighted by atomic mass is 35.5. The Morgan fingerprint density at radius 2 is 1.26 bits per heavy atom. The summed E-state index contributed by atoms with van der Waals surface area (Å²) in [4.78, 5) is 53.0. The average Bonchev–Trinajstić information content (AvgIpc) is 3.75. The average molecular weight is 962 g/mol. The molecule has 3 aliphatic heterocycles. The highest BCUT2D eigenvalue weighted by Gasteiger charge is 2.62. The minimum atomic E-state index is -2.37. The molecule has 1 amide bonds. The fourth-order valence-electron chi connectivity index (χ4n) is 8.35. The van der Waals surface area contributed by atoms with E-state index in [0.717, 1.165) is 36.3 Å². The van der Waals surface area contributed by atoms with Crippen LogP contribution < -0.4 is 5.32 Å². The molecule has 0 bridgehead atoms. The Morgan fingerprint density at radius 3 is 1.78 bits per heavy atom. The smallest absolute Gasteiger partial charge is 0.407 e. The monoisotopic (exact) mass is 961 g/mol. The topological polar surface area (TPSA) is 191 Å². The Balaban J connectivity index is 1.22. The zero-order valence-corrected chi connectivity index (χ0v) is 38.6. The normalized spacial score (nSPS) is 26.3. The molecule has 4 aromatic carbocycles. The molecule has 0 spiro atoms. The number of rotatable bonds is 23. The fourth-order valence-corrected chi connectivity index (χ4v) is 8.41. The zero-order valence-electron chi connectivity index (χ0n) is 37.9. The van der Waals surface area contributed by atoms with E-state index in [1.807, 2.05) is 121 Å². The Bertz CT molecular complexity index is 2210. The number of halogens is 1. The number of alkyl carbamates (subject to hydrolysis) is 1. The molecule has 4 aromatic rings. The van der Waals surface area contributed by atoms with Crippen molar-refractivity contribution in [3.63, 3.8) is 0 Å². The molecule has 3 fully saturated rings. The Kier molecular flexibility index (Phi) is 18.3. The summed E-state index contributed by atoms with van der Waals surface area (Å²) in [6.45, 7) is 0.920. The molecular formula is C50H56ClNO16. The number of alkyl halides is 1. The second-order valence-electron chi connectivity index (χ2n) is 16.3. The van der Waals surface area contributed by atoms with E-state index in [9.17, 15) is 19.2 Å². The number of benzene rings is 4. The quantitative estimate of drug-likeness (QED) is 0.0552. The van der Waals surface area contributed by atoms with Gasteiger partial charge in [0.05, 0.1) is 59.2 Å². The standard InChI is InChI=1S/C50H56ClNO16/c1-32(53)64-43(38(65-40(54)25-51)30-59-26-33-16-8-4-9-17-33)44-41-37(67-49(56)52-41)24-50(68-44,48(55)58-3)63-31-39-42(60-27-34-18-10-5-11-19-34)45(61-28-35-20-12-6-13-21-35)46(47(57-2)66-39)62-29-36-22-14-7-15-23-36/h4-23,37-39,41-47H,24-31H2,1-3H3,(H,52,56)/t37-,38+,39+,41+,42+,43+,44+,45-,46+,47-,50+/m0/s1. The zero-order chi connectivity index (χ0) is 47.9. The predicted octanol–water partition coefficient (Wildman–Crippen LogP) is 5.56. The van der Waals surface area contributed by atoms with Crippen molar-refractivity contribution >= 4 is 35.6 Å². The van der Waals surface area contributed by atoms with Crippen LogP contribution in [0, 0.1) is 0 Å². The molecule has 364 valence electrons. The van der Waals surface area contributed by atoms with Crippen LogP contribution in [0.5, 0.6) is 0 Å².